The second kappa shape index (κ2) is 53.3. The molecule has 0 spiro atoms. The Bertz CT molecular complexity index is 484. The average molecular weight is 557 g/mol. The summed E-state index contributed by atoms with van der Waals surface area (Å²) in [6, 6.07) is 0. The number of carboxylic acid groups (broad SMARTS) is 3. The number of hydrogen-bond donors (Lipinski definition) is 0. The SMILES string of the molecule is C=C(CCCC)C(=O)[O-].C=C(CCCC)C(=O)[O-].C=C(CCCC)C(=O)[O-].C=O.C=O.C=O.C=O.[Fe+3]. The van der Waals surface area contributed by atoms with Crippen LogP contribution < -0.4 is 15.3 Å². The number of carbonyl (C=O) groups excluding carboxylic acids is 7. The van der Waals surface area contributed by atoms with Gasteiger partial charge in [-0.3, -0.25) is 0 Å². The molecule has 0 aliphatic heterocycles. The van der Waals surface area contributed by atoms with Gasteiger partial charge in [0.1, 0.15) is 27.2 Å². The molecule has 0 aromatic heterocycles. The second-order valence-corrected chi connectivity index (χ2v) is 5.98. The van der Waals surface area contributed by atoms with Gasteiger partial charge in [-0.2, -0.15) is 0 Å². The quantitative estimate of drug-likeness (QED) is 0.244. The van der Waals surface area contributed by atoms with E-state index in [0.717, 1.165) is 38.5 Å². The van der Waals surface area contributed by atoms with Crippen LogP contribution in [0, 0.1) is 0 Å². The molecule has 0 saturated heterocycles. The Hall–Kier alpha value is -3.17. The Labute approximate surface area is 226 Å². The molecule has 0 aromatic rings. The van der Waals surface area contributed by atoms with Crippen molar-refractivity contribution in [2.75, 3.05) is 0 Å². The Kier molecular flexibility index (Phi) is 79.8. The van der Waals surface area contributed by atoms with Crippen molar-refractivity contribution in [3.8, 4) is 0 Å². The first kappa shape index (κ1) is 53.9. The molecule has 209 valence electrons. The Balaban J connectivity index is -0.0000000470. The van der Waals surface area contributed by atoms with Crippen LogP contribution in [0.5, 0.6) is 0 Å². The van der Waals surface area contributed by atoms with Crippen LogP contribution in [0.4, 0.5) is 0 Å². The summed E-state index contributed by atoms with van der Waals surface area (Å²) in [5, 5.41) is 30.0. The fourth-order valence-electron chi connectivity index (χ4n) is 1.48. The first-order valence-corrected chi connectivity index (χ1v) is 10.4. The predicted octanol–water partition coefficient (Wildman–Crippen LogP) is 0.706. The molecule has 10 nitrogen and oxygen atoms in total. The van der Waals surface area contributed by atoms with Crippen molar-refractivity contribution in [3.05, 3.63) is 36.5 Å². The standard InChI is InChI=1S/3C7H12O2.4CH2O.Fe/c3*1-3-4-5-6(2)7(8)9;4*1-2;/h3*2-5H2,1H3,(H,8,9);4*1H2;/q;;;;;;;+3/p-3. The maximum atomic E-state index is 9.99. The molecule has 0 N–H and O–H groups in total. The minimum absolute atomic E-state index is 0. The van der Waals surface area contributed by atoms with Crippen LogP contribution in [0.3, 0.4) is 0 Å². The van der Waals surface area contributed by atoms with Gasteiger partial charge in [-0.25, -0.2) is 0 Å². The van der Waals surface area contributed by atoms with Crippen molar-refractivity contribution in [3.63, 3.8) is 0 Å². The number of rotatable bonds is 12. The molecule has 0 unspecified atom stereocenters. The molecule has 0 fully saturated rings. The van der Waals surface area contributed by atoms with Crippen LogP contribution >= 0.6 is 0 Å². The van der Waals surface area contributed by atoms with E-state index in [1.165, 1.54) is 0 Å². The van der Waals surface area contributed by atoms with E-state index in [0.29, 0.717) is 19.3 Å². The number of aliphatic carboxylic acids is 3. The van der Waals surface area contributed by atoms with Crippen molar-refractivity contribution in [2.24, 2.45) is 0 Å². The minimum Gasteiger partial charge on any atom is -0.545 e. The molecular formula is C25H41FeO10. The van der Waals surface area contributed by atoms with Gasteiger partial charge in [-0.15, -0.1) is 0 Å². The Morgan fingerprint density at radius 2 is 0.611 bits per heavy atom. The second-order valence-electron chi connectivity index (χ2n) is 5.98. The fourth-order valence-corrected chi connectivity index (χ4v) is 1.48. The number of carboxylic acids is 3. The van der Waals surface area contributed by atoms with E-state index in [9.17, 15) is 29.7 Å². The predicted molar refractivity (Wildman–Crippen MR) is 130 cm³/mol. The van der Waals surface area contributed by atoms with Gasteiger partial charge in [-0.05, 0) is 55.2 Å². The summed E-state index contributed by atoms with van der Waals surface area (Å²) in [6.45, 7) is 24.0. The number of unbranched alkanes of at least 4 members (excludes halogenated alkanes) is 3. The Morgan fingerprint density at radius 1 is 0.472 bits per heavy atom. The third kappa shape index (κ3) is 63.2. The molecule has 0 heterocycles. The van der Waals surface area contributed by atoms with E-state index >= 15 is 0 Å². The largest absolute Gasteiger partial charge is 3.00 e. The van der Waals surface area contributed by atoms with Crippen LogP contribution in [0.1, 0.15) is 78.6 Å². The molecule has 0 bridgehead atoms. The summed E-state index contributed by atoms with van der Waals surface area (Å²) < 4.78 is 0. The van der Waals surface area contributed by atoms with Crippen molar-refractivity contribution in [1.82, 2.24) is 0 Å². The smallest absolute Gasteiger partial charge is 0.545 e. The summed E-state index contributed by atoms with van der Waals surface area (Å²) in [6.07, 6.45) is 7.29. The van der Waals surface area contributed by atoms with Gasteiger partial charge < -0.3 is 48.9 Å². The van der Waals surface area contributed by atoms with Gasteiger partial charge >= 0.3 is 17.1 Å². The van der Waals surface area contributed by atoms with Crippen LogP contribution in [0.15, 0.2) is 36.5 Å². The van der Waals surface area contributed by atoms with Crippen molar-refractivity contribution in [1.29, 1.82) is 0 Å². The zero-order valence-corrected chi connectivity index (χ0v) is 22.9. The fraction of sp³-hybridized carbons (Fsp3) is 0.480. The molecule has 0 rings (SSSR count). The van der Waals surface area contributed by atoms with E-state index in [-0.39, 0.29) is 33.8 Å². The number of carbonyl (C=O) groups is 7. The topological polar surface area (TPSA) is 189 Å². The third-order valence-corrected chi connectivity index (χ3v) is 3.36. The van der Waals surface area contributed by atoms with Crippen LogP contribution in [-0.4, -0.2) is 45.1 Å². The van der Waals surface area contributed by atoms with Gasteiger partial charge in [0.2, 0.25) is 0 Å². The minimum atomic E-state index is -1.12. The van der Waals surface area contributed by atoms with Gasteiger partial charge in [-0.1, -0.05) is 59.8 Å². The van der Waals surface area contributed by atoms with E-state index < -0.39 is 17.9 Å². The first-order chi connectivity index (χ1) is 16.5. The Morgan fingerprint density at radius 3 is 0.694 bits per heavy atom. The summed E-state index contributed by atoms with van der Waals surface area (Å²) in [5.41, 5.74) is 0.616. The van der Waals surface area contributed by atoms with Crippen molar-refractivity contribution >= 4 is 45.1 Å². The molecular weight excluding hydrogens is 516 g/mol. The summed E-state index contributed by atoms with van der Waals surface area (Å²) in [5.74, 6) is -3.37. The molecule has 0 aromatic carbocycles. The van der Waals surface area contributed by atoms with Crippen molar-refractivity contribution < 1.29 is 66.0 Å². The van der Waals surface area contributed by atoms with Crippen LogP contribution in [-0.2, 0) is 50.6 Å². The molecule has 11 heteroatoms. The summed E-state index contributed by atoms with van der Waals surface area (Å²) in [4.78, 5) is 62.0. The van der Waals surface area contributed by atoms with Gasteiger partial charge in [0.25, 0.3) is 0 Å². The summed E-state index contributed by atoms with van der Waals surface area (Å²) in [7, 11) is 0. The maximum Gasteiger partial charge on any atom is 3.00 e. The third-order valence-electron chi connectivity index (χ3n) is 3.36. The molecule has 0 aliphatic rings. The van der Waals surface area contributed by atoms with Crippen LogP contribution in [0.25, 0.3) is 0 Å². The van der Waals surface area contributed by atoms with Gasteiger partial charge in [0.15, 0.2) is 0 Å². The zero-order chi connectivity index (χ0) is 29.8. The molecule has 1 radical (unpaired) electrons. The van der Waals surface area contributed by atoms with E-state index in [4.69, 9.17) is 19.2 Å². The summed E-state index contributed by atoms with van der Waals surface area (Å²) >= 11 is 0. The van der Waals surface area contributed by atoms with E-state index in [2.05, 4.69) is 19.7 Å². The number of hydrogen-bond acceptors (Lipinski definition) is 10. The van der Waals surface area contributed by atoms with Gasteiger partial charge in [0.05, 0.1) is 17.9 Å². The normalized spacial score (nSPS) is 7.19. The average Bonchev–Trinajstić information content (AvgIpc) is 2.89. The molecule has 0 saturated carbocycles. The van der Waals surface area contributed by atoms with Crippen LogP contribution in [0.2, 0.25) is 0 Å². The van der Waals surface area contributed by atoms with E-state index in [1.54, 1.807) is 0 Å². The van der Waals surface area contributed by atoms with E-state index in [1.807, 2.05) is 47.9 Å². The molecule has 0 aliphatic carbocycles. The first-order valence-electron chi connectivity index (χ1n) is 10.4. The van der Waals surface area contributed by atoms with Gasteiger partial charge in [0, 0.05) is 0 Å². The molecule has 0 atom stereocenters. The molecule has 36 heavy (non-hydrogen) atoms. The monoisotopic (exact) mass is 557 g/mol. The zero-order valence-electron chi connectivity index (χ0n) is 21.7. The maximum absolute atomic E-state index is 9.99. The van der Waals surface area contributed by atoms with Crippen molar-refractivity contribution in [2.45, 2.75) is 78.6 Å². The molecule has 0 amide bonds.